The molecule has 116 valence electrons. The van der Waals surface area contributed by atoms with Gasteiger partial charge in [-0.1, -0.05) is 13.0 Å². The summed E-state index contributed by atoms with van der Waals surface area (Å²) in [6, 6.07) is 6.78. The number of carbonyl (C=O) groups is 1. The molecule has 0 aliphatic rings. The maximum absolute atomic E-state index is 13.4. The van der Waals surface area contributed by atoms with Crippen LogP contribution in [0.5, 0.6) is 5.75 Å². The first kappa shape index (κ1) is 15.8. The molecular formula is C16H16FNO4. The van der Waals surface area contributed by atoms with Gasteiger partial charge in [0, 0.05) is 11.8 Å². The summed E-state index contributed by atoms with van der Waals surface area (Å²) in [4.78, 5) is 24.4. The Morgan fingerprint density at radius 3 is 2.64 bits per heavy atom. The third-order valence-corrected chi connectivity index (χ3v) is 3.17. The highest BCUT2D eigenvalue weighted by Crippen LogP contribution is 2.20. The van der Waals surface area contributed by atoms with E-state index in [9.17, 15) is 19.1 Å². The Labute approximate surface area is 126 Å². The molecule has 0 aliphatic heterocycles. The number of ether oxygens (including phenoxy) is 1. The number of aromatic hydroxyl groups is 1. The van der Waals surface area contributed by atoms with Gasteiger partial charge in [-0.3, -0.25) is 9.36 Å². The minimum absolute atomic E-state index is 0.0766. The molecule has 2 rings (SSSR count). The first-order valence-electron chi connectivity index (χ1n) is 6.90. The van der Waals surface area contributed by atoms with Crippen molar-refractivity contribution in [2.45, 2.75) is 20.3 Å². The molecule has 0 radical (unpaired) electrons. The van der Waals surface area contributed by atoms with E-state index >= 15 is 0 Å². The van der Waals surface area contributed by atoms with Crippen molar-refractivity contribution >= 4 is 5.97 Å². The Morgan fingerprint density at radius 2 is 2.05 bits per heavy atom. The van der Waals surface area contributed by atoms with Crippen molar-refractivity contribution in [2.75, 3.05) is 6.61 Å². The van der Waals surface area contributed by atoms with Crippen LogP contribution in [0, 0.1) is 5.82 Å². The number of halogens is 1. The number of benzene rings is 1. The van der Waals surface area contributed by atoms with Crippen LogP contribution in [0.15, 0.2) is 35.1 Å². The Kier molecular flexibility index (Phi) is 4.60. The van der Waals surface area contributed by atoms with Crippen molar-refractivity contribution in [2.24, 2.45) is 0 Å². The average Bonchev–Trinajstić information content (AvgIpc) is 2.46. The number of pyridine rings is 1. The normalized spacial score (nSPS) is 10.5. The molecule has 1 aromatic carbocycles. The zero-order valence-electron chi connectivity index (χ0n) is 12.3. The Hall–Kier alpha value is -2.63. The number of rotatable bonds is 4. The van der Waals surface area contributed by atoms with Gasteiger partial charge in [0.25, 0.3) is 5.56 Å². The fourth-order valence-electron chi connectivity index (χ4n) is 2.20. The van der Waals surface area contributed by atoms with Crippen LogP contribution in [0.3, 0.4) is 0 Å². The van der Waals surface area contributed by atoms with Gasteiger partial charge in [-0.05, 0) is 31.5 Å². The van der Waals surface area contributed by atoms with Gasteiger partial charge in [-0.15, -0.1) is 0 Å². The molecule has 22 heavy (non-hydrogen) atoms. The van der Waals surface area contributed by atoms with E-state index < -0.39 is 28.7 Å². The summed E-state index contributed by atoms with van der Waals surface area (Å²) in [5.41, 5.74) is -0.447. The molecule has 0 bridgehead atoms. The van der Waals surface area contributed by atoms with Gasteiger partial charge in [0.15, 0.2) is 5.56 Å². The van der Waals surface area contributed by atoms with Crippen molar-refractivity contribution in [1.29, 1.82) is 0 Å². The molecule has 0 unspecified atom stereocenters. The molecule has 0 aliphatic carbocycles. The highest BCUT2D eigenvalue weighted by molar-refractivity contribution is 5.92. The van der Waals surface area contributed by atoms with Gasteiger partial charge in [0.05, 0.1) is 12.3 Å². The van der Waals surface area contributed by atoms with E-state index in [0.717, 1.165) is 0 Å². The van der Waals surface area contributed by atoms with E-state index in [1.54, 1.807) is 19.9 Å². The average molecular weight is 305 g/mol. The summed E-state index contributed by atoms with van der Waals surface area (Å²) in [6.07, 6.45) is 0.419. The molecule has 0 saturated heterocycles. The van der Waals surface area contributed by atoms with Crippen molar-refractivity contribution in [3.05, 3.63) is 57.8 Å². The topological polar surface area (TPSA) is 68.5 Å². The lowest BCUT2D eigenvalue weighted by molar-refractivity contribution is 0.0520. The van der Waals surface area contributed by atoms with Gasteiger partial charge < -0.3 is 9.84 Å². The van der Waals surface area contributed by atoms with E-state index in [1.165, 1.54) is 28.8 Å². The van der Waals surface area contributed by atoms with E-state index in [4.69, 9.17) is 4.74 Å². The molecule has 0 amide bonds. The number of aryl methyl sites for hydroxylation is 1. The van der Waals surface area contributed by atoms with Crippen molar-refractivity contribution < 1.29 is 19.0 Å². The molecule has 0 saturated carbocycles. The third-order valence-electron chi connectivity index (χ3n) is 3.17. The largest absolute Gasteiger partial charge is 0.507 e. The second kappa shape index (κ2) is 6.43. The van der Waals surface area contributed by atoms with Crippen LogP contribution in [-0.4, -0.2) is 22.2 Å². The Morgan fingerprint density at radius 1 is 1.32 bits per heavy atom. The number of nitrogens with zero attached hydrogens (tertiary/aromatic N) is 1. The Bertz CT molecular complexity index is 767. The summed E-state index contributed by atoms with van der Waals surface area (Å²) >= 11 is 0. The lowest BCUT2D eigenvalue weighted by Gasteiger charge is -2.14. The molecule has 0 spiro atoms. The predicted molar refractivity (Wildman–Crippen MR) is 79.0 cm³/mol. The van der Waals surface area contributed by atoms with Gasteiger partial charge in [0.1, 0.15) is 11.6 Å². The van der Waals surface area contributed by atoms with Gasteiger partial charge >= 0.3 is 5.97 Å². The van der Waals surface area contributed by atoms with E-state index in [1.807, 2.05) is 0 Å². The summed E-state index contributed by atoms with van der Waals surface area (Å²) in [5, 5.41) is 9.94. The fraction of sp³-hybridized carbons (Fsp3) is 0.250. The molecule has 6 heteroatoms. The minimum Gasteiger partial charge on any atom is -0.507 e. The zero-order chi connectivity index (χ0) is 16.3. The van der Waals surface area contributed by atoms with E-state index in [0.29, 0.717) is 12.1 Å². The SMILES string of the molecule is CCOC(=O)c1c(O)cc(CC)n(-c2cccc(F)c2)c1=O. The second-order valence-electron chi connectivity index (χ2n) is 4.59. The third kappa shape index (κ3) is 2.86. The van der Waals surface area contributed by atoms with E-state index in [-0.39, 0.29) is 12.3 Å². The first-order valence-corrected chi connectivity index (χ1v) is 6.90. The lowest BCUT2D eigenvalue weighted by atomic mass is 10.1. The van der Waals surface area contributed by atoms with Crippen LogP contribution >= 0.6 is 0 Å². The van der Waals surface area contributed by atoms with Crippen LogP contribution in [0.4, 0.5) is 4.39 Å². The number of hydrogen-bond acceptors (Lipinski definition) is 4. The fourth-order valence-corrected chi connectivity index (χ4v) is 2.20. The van der Waals surface area contributed by atoms with Crippen molar-refractivity contribution in [1.82, 2.24) is 4.57 Å². The van der Waals surface area contributed by atoms with Gasteiger partial charge in [0.2, 0.25) is 0 Å². The van der Waals surface area contributed by atoms with Crippen LogP contribution in [0.2, 0.25) is 0 Å². The highest BCUT2D eigenvalue weighted by Gasteiger charge is 2.22. The predicted octanol–water partition coefficient (Wildman–Crippen LogP) is 2.42. The zero-order valence-corrected chi connectivity index (χ0v) is 12.3. The lowest BCUT2D eigenvalue weighted by Crippen LogP contribution is -2.28. The minimum atomic E-state index is -0.905. The number of carbonyl (C=O) groups excluding carboxylic acids is 1. The van der Waals surface area contributed by atoms with Crippen LogP contribution in [0.25, 0.3) is 5.69 Å². The molecule has 0 atom stereocenters. The summed E-state index contributed by atoms with van der Waals surface area (Å²) < 4.78 is 19.4. The molecule has 5 nitrogen and oxygen atoms in total. The number of hydrogen-bond donors (Lipinski definition) is 1. The van der Waals surface area contributed by atoms with Crippen LogP contribution in [0.1, 0.15) is 29.9 Å². The van der Waals surface area contributed by atoms with Gasteiger partial charge in [-0.25, -0.2) is 9.18 Å². The molecule has 1 N–H and O–H groups in total. The molecule has 1 heterocycles. The van der Waals surface area contributed by atoms with Crippen molar-refractivity contribution in [3.8, 4) is 11.4 Å². The van der Waals surface area contributed by atoms with Crippen LogP contribution < -0.4 is 5.56 Å². The second-order valence-corrected chi connectivity index (χ2v) is 4.59. The number of esters is 1. The highest BCUT2D eigenvalue weighted by atomic mass is 19.1. The quantitative estimate of drug-likeness (QED) is 0.881. The summed E-state index contributed by atoms with van der Waals surface area (Å²) in [5.74, 6) is -1.84. The monoisotopic (exact) mass is 305 g/mol. The Balaban J connectivity index is 2.75. The van der Waals surface area contributed by atoms with E-state index in [2.05, 4.69) is 0 Å². The van der Waals surface area contributed by atoms with Gasteiger partial charge in [-0.2, -0.15) is 0 Å². The summed E-state index contributed by atoms with van der Waals surface area (Å²) in [6.45, 7) is 3.46. The van der Waals surface area contributed by atoms with Crippen LogP contribution in [-0.2, 0) is 11.2 Å². The molecule has 1 aromatic heterocycles. The summed E-state index contributed by atoms with van der Waals surface area (Å²) in [7, 11) is 0. The van der Waals surface area contributed by atoms with Crippen molar-refractivity contribution in [3.63, 3.8) is 0 Å². The number of aromatic nitrogens is 1. The molecule has 2 aromatic rings. The first-order chi connectivity index (χ1) is 10.5. The molecule has 0 fully saturated rings. The standard InChI is InChI=1S/C16H16FNO4/c1-3-11-9-13(19)14(16(21)22-4-2)15(20)18(11)12-7-5-6-10(17)8-12/h5-9,19H,3-4H2,1-2H3. The maximum atomic E-state index is 13.4. The smallest absolute Gasteiger partial charge is 0.347 e. The molecular weight excluding hydrogens is 289 g/mol. The maximum Gasteiger partial charge on any atom is 0.347 e.